The number of carbonyl (C=O) groups excluding carboxylic acids is 1. The Morgan fingerprint density at radius 2 is 1.82 bits per heavy atom. The summed E-state index contributed by atoms with van der Waals surface area (Å²) in [7, 11) is 0. The fourth-order valence-corrected chi connectivity index (χ4v) is 2.30. The molecule has 0 saturated heterocycles. The molecule has 0 radical (unpaired) electrons. The SMILES string of the molecule is Nc1ccc(C(=O)c2ccccc2Cl)c(Br)c1. The van der Waals surface area contributed by atoms with Gasteiger partial charge >= 0.3 is 0 Å². The Kier molecular flexibility index (Phi) is 3.50. The van der Waals surface area contributed by atoms with E-state index in [2.05, 4.69) is 15.9 Å². The molecule has 86 valence electrons. The maximum atomic E-state index is 12.2. The van der Waals surface area contributed by atoms with Crippen molar-refractivity contribution in [1.82, 2.24) is 0 Å². The van der Waals surface area contributed by atoms with Gasteiger partial charge in [-0.3, -0.25) is 4.79 Å². The van der Waals surface area contributed by atoms with Crippen LogP contribution in [0.4, 0.5) is 5.69 Å². The van der Waals surface area contributed by atoms with E-state index in [0.717, 1.165) is 0 Å². The summed E-state index contributed by atoms with van der Waals surface area (Å²) in [5.41, 5.74) is 7.27. The molecule has 0 aliphatic heterocycles. The molecular weight excluding hydrogens is 302 g/mol. The third-order valence-corrected chi connectivity index (χ3v) is 3.34. The van der Waals surface area contributed by atoms with E-state index in [1.54, 1.807) is 42.5 Å². The molecule has 0 heterocycles. The van der Waals surface area contributed by atoms with Gasteiger partial charge in [-0.2, -0.15) is 0 Å². The number of hydrogen-bond acceptors (Lipinski definition) is 2. The number of benzene rings is 2. The molecule has 2 nitrogen and oxygen atoms in total. The molecule has 17 heavy (non-hydrogen) atoms. The first-order valence-electron chi connectivity index (χ1n) is 4.94. The quantitative estimate of drug-likeness (QED) is 0.675. The molecule has 0 bridgehead atoms. The lowest BCUT2D eigenvalue weighted by Crippen LogP contribution is -2.03. The van der Waals surface area contributed by atoms with Crippen LogP contribution in [0.1, 0.15) is 15.9 Å². The minimum atomic E-state index is -0.123. The van der Waals surface area contributed by atoms with Gasteiger partial charge in [-0.25, -0.2) is 0 Å². The topological polar surface area (TPSA) is 43.1 Å². The molecule has 2 rings (SSSR count). The van der Waals surface area contributed by atoms with E-state index in [4.69, 9.17) is 17.3 Å². The van der Waals surface area contributed by atoms with Gasteiger partial charge in [0.15, 0.2) is 5.78 Å². The third kappa shape index (κ3) is 2.51. The lowest BCUT2D eigenvalue weighted by molar-refractivity contribution is 0.103. The van der Waals surface area contributed by atoms with Gasteiger partial charge in [-0.1, -0.05) is 23.7 Å². The smallest absolute Gasteiger partial charge is 0.195 e. The minimum absolute atomic E-state index is 0.123. The number of rotatable bonds is 2. The van der Waals surface area contributed by atoms with Crippen LogP contribution in [0.25, 0.3) is 0 Å². The van der Waals surface area contributed by atoms with Gasteiger partial charge in [0.05, 0.1) is 5.02 Å². The average Bonchev–Trinajstić information content (AvgIpc) is 2.29. The average molecular weight is 311 g/mol. The highest BCUT2D eigenvalue weighted by atomic mass is 79.9. The predicted octanol–water partition coefficient (Wildman–Crippen LogP) is 3.92. The van der Waals surface area contributed by atoms with Gasteiger partial charge in [0, 0.05) is 21.3 Å². The first kappa shape index (κ1) is 12.1. The summed E-state index contributed by atoms with van der Waals surface area (Å²) in [4.78, 5) is 12.2. The van der Waals surface area contributed by atoms with E-state index in [9.17, 15) is 4.79 Å². The summed E-state index contributed by atoms with van der Waals surface area (Å²) < 4.78 is 0.669. The molecule has 2 aromatic rings. The molecule has 0 atom stereocenters. The molecule has 2 aromatic carbocycles. The van der Waals surface area contributed by atoms with Gasteiger partial charge in [0.2, 0.25) is 0 Å². The van der Waals surface area contributed by atoms with E-state index < -0.39 is 0 Å². The van der Waals surface area contributed by atoms with Crippen molar-refractivity contribution in [2.75, 3.05) is 5.73 Å². The van der Waals surface area contributed by atoms with Crippen molar-refractivity contribution in [3.8, 4) is 0 Å². The van der Waals surface area contributed by atoms with Crippen LogP contribution in [0.5, 0.6) is 0 Å². The highest BCUT2D eigenvalue weighted by molar-refractivity contribution is 9.10. The van der Waals surface area contributed by atoms with E-state index in [1.807, 2.05) is 0 Å². The molecule has 0 spiro atoms. The van der Waals surface area contributed by atoms with Crippen molar-refractivity contribution >= 4 is 39.0 Å². The van der Waals surface area contributed by atoms with Crippen molar-refractivity contribution in [2.24, 2.45) is 0 Å². The van der Waals surface area contributed by atoms with Gasteiger partial charge in [0.1, 0.15) is 0 Å². The first-order chi connectivity index (χ1) is 8.09. The minimum Gasteiger partial charge on any atom is -0.399 e. The fraction of sp³-hybridized carbons (Fsp3) is 0. The highest BCUT2D eigenvalue weighted by Gasteiger charge is 2.14. The third-order valence-electron chi connectivity index (χ3n) is 2.36. The second kappa shape index (κ2) is 4.90. The van der Waals surface area contributed by atoms with Crippen molar-refractivity contribution in [3.63, 3.8) is 0 Å². The highest BCUT2D eigenvalue weighted by Crippen LogP contribution is 2.25. The molecule has 0 aliphatic rings. The molecule has 0 aliphatic carbocycles. The van der Waals surface area contributed by atoms with Crippen LogP contribution in [0.3, 0.4) is 0 Å². The largest absolute Gasteiger partial charge is 0.399 e. The second-order valence-corrected chi connectivity index (χ2v) is 4.81. The van der Waals surface area contributed by atoms with E-state index in [0.29, 0.717) is 26.3 Å². The van der Waals surface area contributed by atoms with Crippen molar-refractivity contribution in [2.45, 2.75) is 0 Å². The van der Waals surface area contributed by atoms with Crippen LogP contribution in [0, 0.1) is 0 Å². The molecule has 0 aromatic heterocycles. The van der Waals surface area contributed by atoms with E-state index in [-0.39, 0.29) is 5.78 Å². The summed E-state index contributed by atoms with van der Waals surface area (Å²) in [6.07, 6.45) is 0. The Morgan fingerprint density at radius 3 is 2.47 bits per heavy atom. The molecule has 2 N–H and O–H groups in total. The number of ketones is 1. The number of anilines is 1. The van der Waals surface area contributed by atoms with Crippen LogP contribution in [0.15, 0.2) is 46.9 Å². The van der Waals surface area contributed by atoms with Crippen LogP contribution < -0.4 is 5.73 Å². The molecule has 0 amide bonds. The molecule has 0 unspecified atom stereocenters. The molecule has 0 saturated carbocycles. The molecule has 4 heteroatoms. The zero-order valence-corrected chi connectivity index (χ0v) is 11.1. The summed E-state index contributed by atoms with van der Waals surface area (Å²) in [5, 5.41) is 0.446. The number of hydrogen-bond donors (Lipinski definition) is 1. The van der Waals surface area contributed by atoms with Crippen molar-refractivity contribution in [1.29, 1.82) is 0 Å². The first-order valence-corrected chi connectivity index (χ1v) is 6.11. The van der Waals surface area contributed by atoms with Gasteiger partial charge in [-0.15, -0.1) is 0 Å². The van der Waals surface area contributed by atoms with Gasteiger partial charge in [0.25, 0.3) is 0 Å². The fourth-order valence-electron chi connectivity index (χ4n) is 1.51. The standard InChI is InChI=1S/C13H9BrClNO/c14-11-7-8(16)5-6-9(11)13(17)10-3-1-2-4-12(10)15/h1-7H,16H2. The van der Waals surface area contributed by atoms with Gasteiger partial charge < -0.3 is 5.73 Å². The van der Waals surface area contributed by atoms with Gasteiger partial charge in [-0.05, 0) is 46.3 Å². The summed E-state index contributed by atoms with van der Waals surface area (Å²) in [6, 6.07) is 12.0. The summed E-state index contributed by atoms with van der Waals surface area (Å²) >= 11 is 9.32. The number of nitrogen functional groups attached to an aromatic ring is 1. The van der Waals surface area contributed by atoms with Crippen LogP contribution in [0.2, 0.25) is 5.02 Å². The summed E-state index contributed by atoms with van der Waals surface area (Å²) in [5.74, 6) is -0.123. The lowest BCUT2D eigenvalue weighted by atomic mass is 10.0. The Bertz CT molecular complexity index is 583. The lowest BCUT2D eigenvalue weighted by Gasteiger charge is -2.06. The maximum Gasteiger partial charge on any atom is 0.195 e. The zero-order valence-electron chi connectivity index (χ0n) is 8.78. The zero-order chi connectivity index (χ0) is 12.4. The number of halogens is 2. The molecular formula is C13H9BrClNO. The van der Waals surface area contributed by atoms with E-state index >= 15 is 0 Å². The number of carbonyl (C=O) groups is 1. The molecule has 0 fully saturated rings. The van der Waals surface area contributed by atoms with Crippen LogP contribution in [-0.2, 0) is 0 Å². The monoisotopic (exact) mass is 309 g/mol. The van der Waals surface area contributed by atoms with Crippen LogP contribution >= 0.6 is 27.5 Å². The summed E-state index contributed by atoms with van der Waals surface area (Å²) in [6.45, 7) is 0. The van der Waals surface area contributed by atoms with Crippen molar-refractivity contribution < 1.29 is 4.79 Å². The van der Waals surface area contributed by atoms with Crippen LogP contribution in [-0.4, -0.2) is 5.78 Å². The number of nitrogens with two attached hydrogens (primary N) is 1. The predicted molar refractivity (Wildman–Crippen MR) is 73.4 cm³/mol. The Balaban J connectivity index is 2.48. The second-order valence-electron chi connectivity index (χ2n) is 3.55. The Labute approximate surface area is 113 Å². The Hall–Kier alpha value is -1.32. The maximum absolute atomic E-state index is 12.2. The van der Waals surface area contributed by atoms with E-state index in [1.165, 1.54) is 0 Å². The van der Waals surface area contributed by atoms with Crippen molar-refractivity contribution in [3.05, 3.63) is 63.1 Å². The Morgan fingerprint density at radius 1 is 1.12 bits per heavy atom. The normalized spacial score (nSPS) is 10.2.